The van der Waals surface area contributed by atoms with E-state index < -0.39 is 0 Å². The second-order valence-electron chi connectivity index (χ2n) is 9.94. The summed E-state index contributed by atoms with van der Waals surface area (Å²) >= 11 is 0. The fourth-order valence-corrected chi connectivity index (χ4v) is 4.97. The van der Waals surface area contributed by atoms with Gasteiger partial charge in [0, 0.05) is 45.8 Å². The Bertz CT molecular complexity index is 783. The number of aromatic nitrogens is 2. The zero-order valence-electron chi connectivity index (χ0n) is 20.5. The minimum absolute atomic E-state index is 0.0107. The molecule has 180 valence electrons. The summed E-state index contributed by atoms with van der Waals surface area (Å²) in [4.78, 5) is 29.0. The molecular formula is C24H41N5O3. The van der Waals surface area contributed by atoms with E-state index in [1.165, 1.54) is 0 Å². The summed E-state index contributed by atoms with van der Waals surface area (Å²) in [5.41, 5.74) is 1.90. The molecule has 1 N–H and O–H groups in total. The first-order valence-corrected chi connectivity index (χ1v) is 12.2. The van der Waals surface area contributed by atoms with Crippen LogP contribution in [0.1, 0.15) is 70.7 Å². The number of urea groups is 1. The summed E-state index contributed by atoms with van der Waals surface area (Å²) in [5, 5.41) is 7.52. The molecule has 3 rings (SSSR count). The van der Waals surface area contributed by atoms with Crippen LogP contribution in [0.5, 0.6) is 0 Å². The van der Waals surface area contributed by atoms with Gasteiger partial charge in [-0.1, -0.05) is 6.92 Å². The van der Waals surface area contributed by atoms with E-state index in [9.17, 15) is 9.59 Å². The fourth-order valence-electron chi connectivity index (χ4n) is 4.97. The van der Waals surface area contributed by atoms with Crippen molar-refractivity contribution in [2.24, 2.45) is 5.92 Å². The van der Waals surface area contributed by atoms with E-state index in [1.54, 1.807) is 0 Å². The van der Waals surface area contributed by atoms with Crippen LogP contribution in [0.2, 0.25) is 0 Å². The van der Waals surface area contributed by atoms with E-state index in [1.807, 2.05) is 42.3 Å². The van der Waals surface area contributed by atoms with Crippen molar-refractivity contribution in [2.75, 3.05) is 26.7 Å². The Morgan fingerprint density at radius 3 is 2.72 bits per heavy atom. The number of aryl methyl sites for hydroxylation is 2. The summed E-state index contributed by atoms with van der Waals surface area (Å²) in [6.45, 7) is 11.7. The molecule has 2 aliphatic rings. The van der Waals surface area contributed by atoms with Gasteiger partial charge in [-0.3, -0.25) is 9.48 Å². The first-order valence-electron chi connectivity index (χ1n) is 12.2. The summed E-state index contributed by atoms with van der Waals surface area (Å²) in [6.07, 6.45) is 5.08. The molecule has 1 spiro atoms. The third-order valence-electron chi connectivity index (χ3n) is 6.68. The molecule has 3 amide bonds. The second kappa shape index (κ2) is 10.7. The first kappa shape index (κ1) is 24.6. The number of carbonyl (C=O) groups is 2. The molecule has 1 unspecified atom stereocenters. The molecule has 1 aromatic rings. The first-order chi connectivity index (χ1) is 15.2. The maximum atomic E-state index is 13.0. The Hall–Kier alpha value is -2.09. The van der Waals surface area contributed by atoms with Crippen LogP contribution in [0.4, 0.5) is 4.79 Å². The van der Waals surface area contributed by atoms with Gasteiger partial charge in [-0.15, -0.1) is 0 Å². The topological polar surface area (TPSA) is 79.7 Å². The van der Waals surface area contributed by atoms with Gasteiger partial charge in [0.05, 0.1) is 23.5 Å². The standard InChI is InChI=1S/C24H41N5O3/c1-6-10-29-21(14-19(4)26-29)17-27(5)22(30)15-20-7-13-32-24(16-20)8-11-28(12-9-24)23(31)25-18(2)3/h14,18,20H,6-13,15-17H2,1-5H3,(H,25,31). The third kappa shape index (κ3) is 6.24. The highest BCUT2D eigenvalue weighted by Gasteiger charge is 2.41. The Morgan fingerprint density at radius 1 is 1.34 bits per heavy atom. The molecule has 8 nitrogen and oxygen atoms in total. The molecule has 0 saturated carbocycles. The maximum Gasteiger partial charge on any atom is 0.317 e. The van der Waals surface area contributed by atoms with Crippen LogP contribution in [0.25, 0.3) is 0 Å². The largest absolute Gasteiger partial charge is 0.375 e. The van der Waals surface area contributed by atoms with E-state index in [4.69, 9.17) is 4.74 Å². The lowest BCUT2D eigenvalue weighted by Gasteiger charge is -2.46. The predicted octanol–water partition coefficient (Wildman–Crippen LogP) is 3.33. The molecule has 2 fully saturated rings. The third-order valence-corrected chi connectivity index (χ3v) is 6.68. The van der Waals surface area contributed by atoms with Crippen LogP contribution in [-0.4, -0.2) is 69.9 Å². The van der Waals surface area contributed by atoms with Crippen molar-refractivity contribution in [3.8, 4) is 0 Å². The molecule has 1 aromatic heterocycles. The van der Waals surface area contributed by atoms with E-state index in [-0.39, 0.29) is 23.6 Å². The van der Waals surface area contributed by atoms with Crippen molar-refractivity contribution >= 4 is 11.9 Å². The highest BCUT2D eigenvalue weighted by atomic mass is 16.5. The summed E-state index contributed by atoms with van der Waals surface area (Å²) in [7, 11) is 1.89. The molecule has 2 aliphatic heterocycles. The van der Waals surface area contributed by atoms with E-state index in [0.29, 0.717) is 38.6 Å². The van der Waals surface area contributed by atoms with Crippen molar-refractivity contribution in [3.05, 3.63) is 17.5 Å². The van der Waals surface area contributed by atoms with Crippen molar-refractivity contribution in [1.82, 2.24) is 24.9 Å². The lowest BCUT2D eigenvalue weighted by Crippen LogP contribution is -2.53. The second-order valence-corrected chi connectivity index (χ2v) is 9.94. The van der Waals surface area contributed by atoms with Crippen molar-refractivity contribution in [3.63, 3.8) is 0 Å². The quantitative estimate of drug-likeness (QED) is 0.695. The highest BCUT2D eigenvalue weighted by Crippen LogP contribution is 2.39. The Morgan fingerprint density at radius 2 is 2.06 bits per heavy atom. The number of ether oxygens (including phenoxy) is 1. The molecule has 3 heterocycles. The molecule has 0 bridgehead atoms. The molecular weight excluding hydrogens is 406 g/mol. The minimum atomic E-state index is -0.187. The van der Waals surface area contributed by atoms with Gasteiger partial charge in [0.2, 0.25) is 5.91 Å². The Labute approximate surface area is 192 Å². The molecule has 32 heavy (non-hydrogen) atoms. The Balaban J connectivity index is 1.51. The zero-order valence-corrected chi connectivity index (χ0v) is 20.5. The predicted molar refractivity (Wildman–Crippen MR) is 124 cm³/mol. The van der Waals surface area contributed by atoms with Crippen LogP contribution in [-0.2, 0) is 22.6 Å². The van der Waals surface area contributed by atoms with Crippen LogP contribution in [0.3, 0.4) is 0 Å². The smallest absolute Gasteiger partial charge is 0.317 e. The van der Waals surface area contributed by atoms with Gasteiger partial charge in [0.15, 0.2) is 0 Å². The molecule has 0 aliphatic carbocycles. The van der Waals surface area contributed by atoms with Gasteiger partial charge in [-0.2, -0.15) is 5.10 Å². The monoisotopic (exact) mass is 447 g/mol. The van der Waals surface area contributed by atoms with Gasteiger partial charge >= 0.3 is 6.03 Å². The normalized spacial score (nSPS) is 20.6. The SMILES string of the molecule is CCCn1nc(C)cc1CN(C)C(=O)CC1CCOC2(CCN(C(=O)NC(C)C)CC2)C1. The number of amides is 3. The van der Waals surface area contributed by atoms with E-state index in [2.05, 4.69) is 23.4 Å². The van der Waals surface area contributed by atoms with Crippen molar-refractivity contribution < 1.29 is 14.3 Å². The molecule has 0 radical (unpaired) electrons. The van der Waals surface area contributed by atoms with Crippen LogP contribution >= 0.6 is 0 Å². The van der Waals surface area contributed by atoms with Gasteiger partial charge in [0.1, 0.15) is 0 Å². The van der Waals surface area contributed by atoms with Crippen molar-refractivity contribution in [1.29, 1.82) is 0 Å². The number of piperidine rings is 1. The van der Waals surface area contributed by atoms with E-state index >= 15 is 0 Å². The number of hydrogen-bond acceptors (Lipinski definition) is 4. The summed E-state index contributed by atoms with van der Waals surface area (Å²) < 4.78 is 8.25. The zero-order chi connectivity index (χ0) is 23.3. The Kier molecular flexibility index (Phi) is 8.20. The maximum absolute atomic E-state index is 13.0. The highest BCUT2D eigenvalue weighted by molar-refractivity contribution is 5.76. The number of nitrogens with one attached hydrogen (secondary N) is 1. The number of rotatable bonds is 7. The number of carbonyl (C=O) groups excluding carboxylic acids is 2. The summed E-state index contributed by atoms with van der Waals surface area (Å²) in [5.74, 6) is 0.514. The van der Waals surface area contributed by atoms with Crippen LogP contribution < -0.4 is 5.32 Å². The number of likely N-dealkylation sites (tertiary alicyclic amines) is 1. The molecule has 8 heteroatoms. The lowest BCUT2D eigenvalue weighted by molar-refractivity contribution is -0.140. The van der Waals surface area contributed by atoms with Gasteiger partial charge in [-0.05, 0) is 64.9 Å². The fraction of sp³-hybridized carbons (Fsp3) is 0.792. The van der Waals surface area contributed by atoms with Crippen LogP contribution in [0.15, 0.2) is 6.07 Å². The van der Waals surface area contributed by atoms with Gasteiger partial charge in [0.25, 0.3) is 0 Å². The van der Waals surface area contributed by atoms with Gasteiger partial charge in [-0.25, -0.2) is 4.79 Å². The molecule has 0 aromatic carbocycles. The average molecular weight is 448 g/mol. The van der Waals surface area contributed by atoms with E-state index in [0.717, 1.165) is 50.0 Å². The number of hydrogen-bond donors (Lipinski definition) is 1. The lowest BCUT2D eigenvalue weighted by atomic mass is 9.78. The molecule has 2 saturated heterocycles. The average Bonchev–Trinajstić information content (AvgIpc) is 3.07. The van der Waals surface area contributed by atoms with Gasteiger partial charge < -0.3 is 19.9 Å². The van der Waals surface area contributed by atoms with Crippen molar-refractivity contribution in [2.45, 2.75) is 91.0 Å². The van der Waals surface area contributed by atoms with Crippen LogP contribution in [0, 0.1) is 12.8 Å². The molecule has 1 atom stereocenters. The minimum Gasteiger partial charge on any atom is -0.375 e. The number of nitrogens with zero attached hydrogens (tertiary/aromatic N) is 4. The summed E-state index contributed by atoms with van der Waals surface area (Å²) in [6, 6.07) is 2.23.